The molecule has 9 heteroatoms. The highest BCUT2D eigenvalue weighted by Gasteiger charge is 2.18. The number of para-hydroxylation sites is 1. The molecule has 1 rings (SSSR count). The summed E-state index contributed by atoms with van der Waals surface area (Å²) in [6.07, 6.45) is 0.894. The molecule has 3 N–H and O–H groups in total. The summed E-state index contributed by atoms with van der Waals surface area (Å²) in [5, 5.41) is 12.6. The highest BCUT2D eigenvalue weighted by atomic mass is 16.6. The topological polar surface area (TPSA) is 142 Å². The lowest BCUT2D eigenvalue weighted by Gasteiger charge is -2.10. The SMILES string of the molecule is CC(OC(=O)C=Cc1ccccc1[N+](=O)[O-])C(=O)NC(N)=O. The van der Waals surface area contributed by atoms with Crippen LogP contribution in [0.4, 0.5) is 10.5 Å². The van der Waals surface area contributed by atoms with Gasteiger partial charge in [0.2, 0.25) is 0 Å². The van der Waals surface area contributed by atoms with Crippen LogP contribution in [0.15, 0.2) is 30.3 Å². The van der Waals surface area contributed by atoms with Crippen molar-refractivity contribution >= 4 is 29.7 Å². The number of benzene rings is 1. The second-order valence-corrected chi connectivity index (χ2v) is 4.08. The number of carbonyl (C=O) groups is 3. The van der Waals surface area contributed by atoms with Gasteiger partial charge < -0.3 is 10.5 Å². The Hall–Kier alpha value is -3.23. The third kappa shape index (κ3) is 5.04. The van der Waals surface area contributed by atoms with E-state index in [0.717, 1.165) is 6.08 Å². The van der Waals surface area contributed by atoms with Gasteiger partial charge in [0.15, 0.2) is 6.10 Å². The number of carbonyl (C=O) groups excluding carboxylic acids is 3. The highest BCUT2D eigenvalue weighted by Crippen LogP contribution is 2.18. The maximum Gasteiger partial charge on any atom is 0.331 e. The average molecular weight is 307 g/mol. The largest absolute Gasteiger partial charge is 0.449 e. The van der Waals surface area contributed by atoms with Crippen molar-refractivity contribution in [1.29, 1.82) is 0 Å². The van der Waals surface area contributed by atoms with Crippen LogP contribution in [-0.4, -0.2) is 28.9 Å². The standard InChI is InChI=1S/C13H13N3O6/c1-8(12(18)15-13(14)19)22-11(17)7-6-9-4-2-3-5-10(9)16(20)21/h2-8H,1H3,(H3,14,15,18,19). The van der Waals surface area contributed by atoms with Crippen molar-refractivity contribution in [1.82, 2.24) is 5.32 Å². The molecule has 0 fully saturated rings. The first-order valence-electron chi connectivity index (χ1n) is 6.03. The Morgan fingerprint density at radius 3 is 2.59 bits per heavy atom. The minimum absolute atomic E-state index is 0.175. The second-order valence-electron chi connectivity index (χ2n) is 4.08. The monoisotopic (exact) mass is 307 g/mol. The van der Waals surface area contributed by atoms with Crippen molar-refractivity contribution in [2.75, 3.05) is 0 Å². The molecule has 116 valence electrons. The van der Waals surface area contributed by atoms with Crippen molar-refractivity contribution in [2.24, 2.45) is 5.73 Å². The summed E-state index contributed by atoms with van der Waals surface area (Å²) in [6.45, 7) is 1.25. The normalized spacial score (nSPS) is 11.7. The molecule has 0 heterocycles. The number of imide groups is 1. The number of nitro benzene ring substituents is 1. The molecule has 0 spiro atoms. The minimum atomic E-state index is -1.24. The lowest BCUT2D eigenvalue weighted by molar-refractivity contribution is -0.385. The summed E-state index contributed by atoms with van der Waals surface area (Å²) in [7, 11) is 0. The summed E-state index contributed by atoms with van der Waals surface area (Å²) < 4.78 is 4.72. The molecular weight excluding hydrogens is 294 g/mol. The molecule has 0 saturated heterocycles. The van der Waals surface area contributed by atoms with E-state index in [9.17, 15) is 24.5 Å². The van der Waals surface area contributed by atoms with Crippen LogP contribution >= 0.6 is 0 Å². The molecular formula is C13H13N3O6. The number of ether oxygens (including phenoxy) is 1. The molecule has 1 aromatic rings. The predicted octanol–water partition coefficient (Wildman–Crippen LogP) is 0.735. The number of urea groups is 1. The average Bonchev–Trinajstić information content (AvgIpc) is 2.44. The molecule has 1 atom stereocenters. The minimum Gasteiger partial charge on any atom is -0.449 e. The van der Waals surface area contributed by atoms with Crippen LogP contribution in [-0.2, 0) is 14.3 Å². The first kappa shape index (κ1) is 16.8. The summed E-state index contributed by atoms with van der Waals surface area (Å²) in [5.74, 6) is -1.77. The Morgan fingerprint density at radius 2 is 2.00 bits per heavy atom. The van der Waals surface area contributed by atoms with E-state index in [1.54, 1.807) is 11.4 Å². The fourth-order valence-electron chi connectivity index (χ4n) is 1.44. The predicted molar refractivity (Wildman–Crippen MR) is 75.4 cm³/mol. The van der Waals surface area contributed by atoms with Gasteiger partial charge in [0.1, 0.15) is 0 Å². The number of esters is 1. The van der Waals surface area contributed by atoms with E-state index in [1.807, 2.05) is 0 Å². The van der Waals surface area contributed by atoms with Gasteiger partial charge in [-0.05, 0) is 19.1 Å². The number of hydrogen-bond donors (Lipinski definition) is 2. The van der Waals surface area contributed by atoms with Crippen LogP contribution in [0.25, 0.3) is 6.08 Å². The van der Waals surface area contributed by atoms with E-state index in [1.165, 1.54) is 31.2 Å². The molecule has 22 heavy (non-hydrogen) atoms. The third-order valence-electron chi connectivity index (χ3n) is 2.44. The smallest absolute Gasteiger partial charge is 0.331 e. The van der Waals surface area contributed by atoms with Gasteiger partial charge in [-0.1, -0.05) is 12.1 Å². The Balaban J connectivity index is 2.71. The van der Waals surface area contributed by atoms with E-state index in [2.05, 4.69) is 0 Å². The van der Waals surface area contributed by atoms with Crippen LogP contribution < -0.4 is 11.1 Å². The maximum absolute atomic E-state index is 11.5. The van der Waals surface area contributed by atoms with Crippen molar-refractivity contribution in [2.45, 2.75) is 13.0 Å². The molecule has 0 aliphatic carbocycles. The summed E-state index contributed by atoms with van der Waals surface area (Å²) in [4.78, 5) is 43.5. The molecule has 3 amide bonds. The van der Waals surface area contributed by atoms with Gasteiger partial charge in [0.25, 0.3) is 11.6 Å². The Kier molecular flexibility index (Phi) is 5.75. The van der Waals surface area contributed by atoms with Crippen molar-refractivity contribution in [3.63, 3.8) is 0 Å². The first-order chi connectivity index (χ1) is 10.3. The Labute approximate surface area is 124 Å². The van der Waals surface area contributed by atoms with E-state index >= 15 is 0 Å². The molecule has 0 bridgehead atoms. The number of nitrogens with one attached hydrogen (secondary N) is 1. The molecule has 0 aromatic heterocycles. The summed E-state index contributed by atoms with van der Waals surface area (Å²) in [6, 6.07) is 4.73. The fraction of sp³-hybridized carbons (Fsp3) is 0.154. The molecule has 0 saturated carbocycles. The lowest BCUT2D eigenvalue weighted by atomic mass is 10.1. The number of nitrogens with two attached hydrogens (primary N) is 1. The van der Waals surface area contributed by atoms with E-state index in [4.69, 9.17) is 10.5 Å². The summed E-state index contributed by atoms with van der Waals surface area (Å²) >= 11 is 0. The van der Waals surface area contributed by atoms with E-state index in [-0.39, 0.29) is 11.3 Å². The molecule has 0 aliphatic heterocycles. The van der Waals surface area contributed by atoms with Crippen molar-refractivity contribution < 1.29 is 24.0 Å². The van der Waals surface area contributed by atoms with Crippen molar-refractivity contribution in [3.8, 4) is 0 Å². The number of nitro groups is 1. The van der Waals surface area contributed by atoms with E-state index in [0.29, 0.717) is 0 Å². The van der Waals surface area contributed by atoms with Gasteiger partial charge in [-0.15, -0.1) is 0 Å². The third-order valence-corrected chi connectivity index (χ3v) is 2.44. The number of hydrogen-bond acceptors (Lipinski definition) is 6. The molecule has 1 unspecified atom stereocenters. The number of nitrogens with zero attached hydrogens (tertiary/aromatic N) is 1. The molecule has 0 radical (unpaired) electrons. The van der Waals surface area contributed by atoms with Gasteiger partial charge >= 0.3 is 12.0 Å². The molecule has 9 nitrogen and oxygen atoms in total. The zero-order chi connectivity index (χ0) is 16.7. The Morgan fingerprint density at radius 1 is 1.36 bits per heavy atom. The second kappa shape index (κ2) is 7.53. The van der Waals surface area contributed by atoms with Gasteiger partial charge in [-0.2, -0.15) is 0 Å². The van der Waals surface area contributed by atoms with Gasteiger partial charge in [-0.3, -0.25) is 20.2 Å². The summed E-state index contributed by atoms with van der Waals surface area (Å²) in [5.41, 5.74) is 4.78. The quantitative estimate of drug-likeness (QED) is 0.355. The number of amides is 3. The molecule has 0 aliphatic rings. The maximum atomic E-state index is 11.5. The fourth-order valence-corrected chi connectivity index (χ4v) is 1.44. The van der Waals surface area contributed by atoms with E-state index < -0.39 is 28.9 Å². The van der Waals surface area contributed by atoms with Crippen molar-refractivity contribution in [3.05, 3.63) is 46.0 Å². The molecule has 1 aromatic carbocycles. The van der Waals surface area contributed by atoms with Crippen LogP contribution in [0.1, 0.15) is 12.5 Å². The first-order valence-corrected chi connectivity index (χ1v) is 6.03. The zero-order valence-corrected chi connectivity index (χ0v) is 11.5. The van der Waals surface area contributed by atoms with Gasteiger partial charge in [-0.25, -0.2) is 9.59 Å². The number of rotatable bonds is 5. The van der Waals surface area contributed by atoms with Crippen LogP contribution in [0.5, 0.6) is 0 Å². The highest BCUT2D eigenvalue weighted by molar-refractivity contribution is 5.97. The number of primary amides is 1. The van der Waals surface area contributed by atoms with Crippen LogP contribution in [0, 0.1) is 10.1 Å². The van der Waals surface area contributed by atoms with Crippen LogP contribution in [0.3, 0.4) is 0 Å². The lowest BCUT2D eigenvalue weighted by Crippen LogP contribution is -2.42. The van der Waals surface area contributed by atoms with Crippen LogP contribution in [0.2, 0.25) is 0 Å². The van der Waals surface area contributed by atoms with Gasteiger partial charge in [0.05, 0.1) is 10.5 Å². The zero-order valence-electron chi connectivity index (χ0n) is 11.5. The Bertz CT molecular complexity index is 640. The van der Waals surface area contributed by atoms with Gasteiger partial charge in [0, 0.05) is 12.1 Å².